The largest absolute Gasteiger partial charge is 0.492 e. The number of hydrogen-bond donors (Lipinski definition) is 1. The number of nitrogens with two attached hydrogens (primary N) is 1. The van der Waals surface area contributed by atoms with E-state index in [0.29, 0.717) is 4.99 Å². The molecule has 5 heteroatoms. The highest BCUT2D eigenvalue weighted by Crippen LogP contribution is 2.12. The van der Waals surface area contributed by atoms with Gasteiger partial charge in [0.1, 0.15) is 17.3 Å². The van der Waals surface area contributed by atoms with Crippen molar-refractivity contribution in [3.05, 3.63) is 29.8 Å². The zero-order chi connectivity index (χ0) is 14.4. The minimum atomic E-state index is 0.422. The Bertz CT molecular complexity index is 427. The molecule has 0 spiro atoms. The van der Waals surface area contributed by atoms with Gasteiger partial charge in [0.05, 0.1) is 0 Å². The molecule has 0 aromatic heterocycles. The third-order valence-corrected chi connectivity index (χ3v) is 3.96. The monoisotopic (exact) mass is 293 g/mol. The fourth-order valence-corrected chi connectivity index (χ4v) is 2.47. The number of nitrogens with zero attached hydrogens (tertiary/aromatic N) is 2. The third-order valence-electron chi connectivity index (χ3n) is 3.73. The maximum absolute atomic E-state index is 5.76. The molecule has 0 bridgehead atoms. The lowest BCUT2D eigenvalue weighted by atomic mass is 10.2. The molecular weight excluding hydrogens is 270 g/mol. The van der Waals surface area contributed by atoms with Gasteiger partial charge in [-0.1, -0.05) is 19.1 Å². The Hall–Kier alpha value is -1.17. The number of likely N-dealkylation sites (N-methyl/N-ethyl adjacent to an activating group) is 1. The van der Waals surface area contributed by atoms with Crippen LogP contribution in [0.4, 0.5) is 0 Å². The molecule has 2 rings (SSSR count). The summed E-state index contributed by atoms with van der Waals surface area (Å²) in [6.45, 7) is 9.68. The van der Waals surface area contributed by atoms with Crippen LogP contribution in [0.1, 0.15) is 12.5 Å². The zero-order valence-electron chi connectivity index (χ0n) is 12.0. The fourth-order valence-electron chi connectivity index (χ4n) is 2.34. The van der Waals surface area contributed by atoms with Crippen molar-refractivity contribution in [1.29, 1.82) is 0 Å². The van der Waals surface area contributed by atoms with Crippen LogP contribution in [0, 0.1) is 0 Å². The van der Waals surface area contributed by atoms with Gasteiger partial charge < -0.3 is 15.4 Å². The van der Waals surface area contributed by atoms with E-state index in [1.807, 2.05) is 24.3 Å². The summed E-state index contributed by atoms with van der Waals surface area (Å²) in [5.41, 5.74) is 6.44. The molecule has 110 valence electrons. The van der Waals surface area contributed by atoms with Crippen molar-refractivity contribution in [2.24, 2.45) is 5.73 Å². The minimum absolute atomic E-state index is 0.422. The van der Waals surface area contributed by atoms with E-state index in [1.165, 1.54) is 13.1 Å². The lowest BCUT2D eigenvalue weighted by Crippen LogP contribution is -2.47. The van der Waals surface area contributed by atoms with Crippen molar-refractivity contribution in [1.82, 2.24) is 9.80 Å². The van der Waals surface area contributed by atoms with Crippen LogP contribution in [0.2, 0.25) is 0 Å². The minimum Gasteiger partial charge on any atom is -0.492 e. The second-order valence-corrected chi connectivity index (χ2v) is 5.45. The molecule has 2 N–H and O–H groups in total. The Labute approximate surface area is 126 Å². The van der Waals surface area contributed by atoms with Crippen LogP contribution >= 0.6 is 12.2 Å². The van der Waals surface area contributed by atoms with Crippen molar-refractivity contribution in [3.8, 4) is 5.75 Å². The van der Waals surface area contributed by atoms with Crippen molar-refractivity contribution >= 4 is 17.2 Å². The Morgan fingerprint density at radius 2 is 1.75 bits per heavy atom. The highest BCUT2D eigenvalue weighted by Gasteiger charge is 2.14. The van der Waals surface area contributed by atoms with Crippen molar-refractivity contribution in [2.75, 3.05) is 45.9 Å². The summed E-state index contributed by atoms with van der Waals surface area (Å²) in [6.07, 6.45) is 0. The van der Waals surface area contributed by atoms with E-state index in [1.54, 1.807) is 0 Å². The molecule has 1 aliphatic heterocycles. The number of thiocarbonyl (C=S) groups is 1. The summed E-state index contributed by atoms with van der Waals surface area (Å²) < 4.78 is 5.76. The normalized spacial score (nSPS) is 17.1. The molecule has 0 radical (unpaired) electrons. The first-order valence-electron chi connectivity index (χ1n) is 7.16. The summed E-state index contributed by atoms with van der Waals surface area (Å²) >= 11 is 4.92. The van der Waals surface area contributed by atoms with Gasteiger partial charge in [-0.05, 0) is 30.8 Å². The molecule has 4 nitrogen and oxygen atoms in total. The molecule has 0 amide bonds. The number of hydrogen-bond acceptors (Lipinski definition) is 4. The van der Waals surface area contributed by atoms with E-state index in [0.717, 1.165) is 44.1 Å². The number of benzene rings is 1. The van der Waals surface area contributed by atoms with E-state index in [9.17, 15) is 0 Å². The van der Waals surface area contributed by atoms with Crippen molar-refractivity contribution < 1.29 is 4.74 Å². The standard InChI is InChI=1S/C15H23N3OS/c1-2-17-7-9-18(10-8-17)11-12-19-14-5-3-13(4-6-14)15(16)20/h3-6H,2,7-12H2,1H3,(H2,16,20). The quantitative estimate of drug-likeness (QED) is 0.802. The maximum Gasteiger partial charge on any atom is 0.119 e. The van der Waals surface area contributed by atoms with Gasteiger partial charge in [-0.15, -0.1) is 0 Å². The lowest BCUT2D eigenvalue weighted by Gasteiger charge is -2.33. The molecule has 0 unspecified atom stereocenters. The number of rotatable bonds is 6. The van der Waals surface area contributed by atoms with Gasteiger partial charge >= 0.3 is 0 Å². The summed E-state index contributed by atoms with van der Waals surface area (Å²) in [4.78, 5) is 5.35. The second-order valence-electron chi connectivity index (χ2n) is 5.01. The first-order chi connectivity index (χ1) is 9.69. The topological polar surface area (TPSA) is 41.7 Å². The molecule has 1 heterocycles. The van der Waals surface area contributed by atoms with E-state index >= 15 is 0 Å². The van der Waals surface area contributed by atoms with Crippen LogP contribution < -0.4 is 10.5 Å². The van der Waals surface area contributed by atoms with Gasteiger partial charge in [0, 0.05) is 38.3 Å². The first-order valence-corrected chi connectivity index (χ1v) is 7.57. The number of piperazine rings is 1. The SMILES string of the molecule is CCN1CCN(CCOc2ccc(C(N)=S)cc2)CC1. The summed E-state index contributed by atoms with van der Waals surface area (Å²) in [6, 6.07) is 7.64. The van der Waals surface area contributed by atoms with Crippen LogP contribution in [-0.4, -0.2) is 60.7 Å². The highest BCUT2D eigenvalue weighted by molar-refractivity contribution is 7.80. The summed E-state index contributed by atoms with van der Waals surface area (Å²) in [5, 5.41) is 0. The Balaban J connectivity index is 1.69. The van der Waals surface area contributed by atoms with Crippen LogP contribution in [0.25, 0.3) is 0 Å². The summed E-state index contributed by atoms with van der Waals surface area (Å²) in [5.74, 6) is 0.872. The smallest absolute Gasteiger partial charge is 0.119 e. The van der Waals surface area contributed by atoms with Gasteiger partial charge in [0.15, 0.2) is 0 Å². The zero-order valence-corrected chi connectivity index (χ0v) is 12.9. The molecular formula is C15H23N3OS. The van der Waals surface area contributed by atoms with Crippen LogP contribution in [-0.2, 0) is 0 Å². The maximum atomic E-state index is 5.76. The average Bonchev–Trinajstić information content (AvgIpc) is 2.48. The Kier molecular flexibility index (Phi) is 5.76. The molecule has 0 saturated carbocycles. The molecule has 20 heavy (non-hydrogen) atoms. The first kappa shape index (κ1) is 15.2. The Morgan fingerprint density at radius 3 is 2.30 bits per heavy atom. The predicted octanol–water partition coefficient (Wildman–Crippen LogP) is 1.34. The second kappa shape index (κ2) is 7.57. The van der Waals surface area contributed by atoms with Gasteiger partial charge in [-0.3, -0.25) is 4.90 Å². The molecule has 0 aliphatic carbocycles. The van der Waals surface area contributed by atoms with Gasteiger partial charge in [-0.2, -0.15) is 0 Å². The van der Waals surface area contributed by atoms with Crippen molar-refractivity contribution in [3.63, 3.8) is 0 Å². The Morgan fingerprint density at radius 1 is 1.15 bits per heavy atom. The highest BCUT2D eigenvalue weighted by atomic mass is 32.1. The average molecular weight is 293 g/mol. The summed E-state index contributed by atoms with van der Waals surface area (Å²) in [7, 11) is 0. The van der Waals surface area contributed by atoms with Gasteiger partial charge in [0.25, 0.3) is 0 Å². The van der Waals surface area contributed by atoms with E-state index < -0.39 is 0 Å². The third kappa shape index (κ3) is 4.44. The molecule has 1 saturated heterocycles. The molecule has 0 atom stereocenters. The number of ether oxygens (including phenoxy) is 1. The molecule has 1 aromatic carbocycles. The van der Waals surface area contributed by atoms with Crippen molar-refractivity contribution in [2.45, 2.75) is 6.92 Å². The molecule has 1 aromatic rings. The predicted molar refractivity (Wildman–Crippen MR) is 86.4 cm³/mol. The van der Waals surface area contributed by atoms with Gasteiger partial charge in [-0.25, -0.2) is 0 Å². The van der Waals surface area contributed by atoms with Crippen LogP contribution in [0.15, 0.2) is 24.3 Å². The van der Waals surface area contributed by atoms with Crippen LogP contribution in [0.3, 0.4) is 0 Å². The van der Waals surface area contributed by atoms with E-state index in [2.05, 4.69) is 16.7 Å². The van der Waals surface area contributed by atoms with E-state index in [4.69, 9.17) is 22.7 Å². The van der Waals surface area contributed by atoms with Gasteiger partial charge in [0.2, 0.25) is 0 Å². The molecule has 1 fully saturated rings. The van der Waals surface area contributed by atoms with E-state index in [-0.39, 0.29) is 0 Å². The fraction of sp³-hybridized carbons (Fsp3) is 0.533. The van der Waals surface area contributed by atoms with Crippen LogP contribution in [0.5, 0.6) is 5.75 Å². The lowest BCUT2D eigenvalue weighted by molar-refractivity contribution is 0.121. The molecule has 1 aliphatic rings.